The van der Waals surface area contributed by atoms with Crippen LogP contribution in [0.1, 0.15) is 34.9 Å². The SMILES string of the molecule is COCc1ccc(C(=O)N2C[C@@H]3CC[C@H](C2)N(Cc2ccccn2)C3=O)o1. The molecular formula is C20H23N3O4. The molecule has 0 spiro atoms. The van der Waals surface area contributed by atoms with Crippen LogP contribution in [0.4, 0.5) is 0 Å². The molecule has 27 heavy (non-hydrogen) atoms. The van der Waals surface area contributed by atoms with Crippen LogP contribution in [0.15, 0.2) is 40.9 Å². The Hall–Kier alpha value is -2.67. The van der Waals surface area contributed by atoms with Crippen molar-refractivity contribution in [3.63, 3.8) is 0 Å². The minimum atomic E-state index is -0.165. The summed E-state index contributed by atoms with van der Waals surface area (Å²) in [5, 5.41) is 0. The molecule has 0 aliphatic carbocycles. The van der Waals surface area contributed by atoms with Gasteiger partial charge in [-0.15, -0.1) is 0 Å². The van der Waals surface area contributed by atoms with Gasteiger partial charge in [-0.25, -0.2) is 0 Å². The number of carbonyl (C=O) groups is 2. The number of nitrogens with zero attached hydrogens (tertiary/aromatic N) is 3. The Balaban J connectivity index is 1.51. The highest BCUT2D eigenvalue weighted by atomic mass is 16.5. The molecule has 7 heteroatoms. The van der Waals surface area contributed by atoms with Gasteiger partial charge in [-0.3, -0.25) is 14.6 Å². The van der Waals surface area contributed by atoms with Crippen LogP contribution in [0.25, 0.3) is 0 Å². The van der Waals surface area contributed by atoms with Crippen molar-refractivity contribution in [2.45, 2.75) is 32.0 Å². The number of amides is 2. The molecule has 0 radical (unpaired) electrons. The quantitative estimate of drug-likeness (QED) is 0.807. The molecule has 5 rings (SSSR count). The molecule has 0 saturated carbocycles. The number of furan rings is 1. The molecule has 0 aromatic carbocycles. The summed E-state index contributed by atoms with van der Waals surface area (Å²) in [6, 6.07) is 9.15. The van der Waals surface area contributed by atoms with Gasteiger partial charge in [0.25, 0.3) is 5.91 Å². The van der Waals surface area contributed by atoms with Gasteiger partial charge < -0.3 is 19.0 Å². The van der Waals surface area contributed by atoms with E-state index in [2.05, 4.69) is 4.98 Å². The Morgan fingerprint density at radius 1 is 1.26 bits per heavy atom. The lowest BCUT2D eigenvalue weighted by molar-refractivity contribution is -0.140. The van der Waals surface area contributed by atoms with Gasteiger partial charge in [0.15, 0.2) is 5.76 Å². The molecule has 2 aromatic rings. The van der Waals surface area contributed by atoms with Crippen molar-refractivity contribution in [2.24, 2.45) is 5.92 Å². The minimum absolute atomic E-state index is 0.00983. The van der Waals surface area contributed by atoms with Crippen LogP contribution in [-0.4, -0.2) is 52.8 Å². The van der Waals surface area contributed by atoms with Gasteiger partial charge in [0.1, 0.15) is 12.4 Å². The highest BCUT2D eigenvalue weighted by Crippen LogP contribution is 2.31. The first kappa shape index (κ1) is 17.7. The van der Waals surface area contributed by atoms with Gasteiger partial charge in [0.2, 0.25) is 5.91 Å². The van der Waals surface area contributed by atoms with Crippen LogP contribution in [0.5, 0.6) is 0 Å². The number of aromatic nitrogens is 1. The van der Waals surface area contributed by atoms with Crippen LogP contribution >= 0.6 is 0 Å². The molecule has 3 aliphatic heterocycles. The molecule has 3 aliphatic rings. The fourth-order valence-corrected chi connectivity index (χ4v) is 3.95. The summed E-state index contributed by atoms with van der Waals surface area (Å²) >= 11 is 0. The number of fused-ring (bicyclic) bond motifs is 4. The molecule has 0 unspecified atom stereocenters. The molecule has 7 nitrogen and oxygen atoms in total. The molecule has 2 bridgehead atoms. The zero-order valence-corrected chi connectivity index (χ0v) is 15.3. The molecule has 3 fully saturated rings. The van der Waals surface area contributed by atoms with E-state index in [4.69, 9.17) is 9.15 Å². The summed E-state index contributed by atoms with van der Waals surface area (Å²) in [5.41, 5.74) is 0.867. The van der Waals surface area contributed by atoms with Crippen LogP contribution in [0.3, 0.4) is 0 Å². The third-order valence-corrected chi connectivity index (χ3v) is 5.30. The molecule has 0 N–H and O–H groups in total. The molecule has 2 aromatic heterocycles. The number of hydrogen-bond acceptors (Lipinski definition) is 5. The Bertz CT molecular complexity index is 820. The standard InChI is InChI=1S/C20H23N3O4/c1-26-13-17-7-8-18(27-17)20(25)22-10-14-5-6-16(12-22)23(19(14)24)11-15-4-2-3-9-21-15/h2-4,7-9,14,16H,5-6,10-13H2,1H3/t14-,16+/m0/s1. The Kier molecular flexibility index (Phi) is 4.94. The second kappa shape index (κ2) is 7.52. The van der Waals surface area contributed by atoms with E-state index in [9.17, 15) is 9.59 Å². The fourth-order valence-electron chi connectivity index (χ4n) is 3.95. The fraction of sp³-hybridized carbons (Fsp3) is 0.450. The second-order valence-electron chi connectivity index (χ2n) is 7.12. The summed E-state index contributed by atoms with van der Waals surface area (Å²) < 4.78 is 10.6. The summed E-state index contributed by atoms with van der Waals surface area (Å²) in [5.74, 6) is 0.705. The number of pyridine rings is 1. The average Bonchev–Trinajstić information content (AvgIpc) is 2.98. The second-order valence-corrected chi connectivity index (χ2v) is 7.12. The van der Waals surface area contributed by atoms with E-state index < -0.39 is 0 Å². The van der Waals surface area contributed by atoms with Crippen molar-refractivity contribution in [3.05, 3.63) is 53.7 Å². The van der Waals surface area contributed by atoms with E-state index >= 15 is 0 Å². The smallest absolute Gasteiger partial charge is 0.289 e. The first-order valence-corrected chi connectivity index (χ1v) is 9.23. The maximum atomic E-state index is 12.9. The normalized spacial score (nSPS) is 22.2. The van der Waals surface area contributed by atoms with E-state index in [1.54, 1.807) is 30.3 Å². The number of carbonyl (C=O) groups excluding carboxylic acids is 2. The van der Waals surface area contributed by atoms with Crippen molar-refractivity contribution in [2.75, 3.05) is 20.2 Å². The van der Waals surface area contributed by atoms with E-state index in [1.165, 1.54) is 0 Å². The highest BCUT2D eigenvalue weighted by molar-refractivity contribution is 5.92. The molecule has 142 valence electrons. The Morgan fingerprint density at radius 3 is 2.93 bits per heavy atom. The largest absolute Gasteiger partial charge is 0.453 e. The number of piperidine rings is 1. The van der Waals surface area contributed by atoms with Crippen LogP contribution < -0.4 is 0 Å². The van der Waals surface area contributed by atoms with Crippen molar-refractivity contribution in [1.29, 1.82) is 0 Å². The van der Waals surface area contributed by atoms with Gasteiger partial charge in [-0.05, 0) is 37.1 Å². The van der Waals surface area contributed by atoms with E-state index in [-0.39, 0.29) is 23.8 Å². The zero-order chi connectivity index (χ0) is 18.8. The van der Waals surface area contributed by atoms with E-state index in [0.717, 1.165) is 18.5 Å². The first-order chi connectivity index (χ1) is 13.2. The van der Waals surface area contributed by atoms with E-state index in [0.29, 0.717) is 37.8 Å². The van der Waals surface area contributed by atoms with Crippen LogP contribution in [0, 0.1) is 5.92 Å². The Morgan fingerprint density at radius 2 is 2.15 bits per heavy atom. The number of ether oxygens (including phenoxy) is 1. The van der Waals surface area contributed by atoms with Crippen molar-refractivity contribution >= 4 is 11.8 Å². The molecular weight excluding hydrogens is 346 g/mol. The summed E-state index contributed by atoms with van der Waals surface area (Å²) in [6.45, 7) is 1.78. The molecule has 5 heterocycles. The zero-order valence-electron chi connectivity index (χ0n) is 15.3. The lowest BCUT2D eigenvalue weighted by Gasteiger charge is -2.35. The third kappa shape index (κ3) is 3.60. The van der Waals surface area contributed by atoms with E-state index in [1.807, 2.05) is 23.1 Å². The van der Waals surface area contributed by atoms with Crippen molar-refractivity contribution in [3.8, 4) is 0 Å². The maximum absolute atomic E-state index is 12.9. The van der Waals surface area contributed by atoms with Gasteiger partial charge >= 0.3 is 0 Å². The topological polar surface area (TPSA) is 75.9 Å². The predicted molar refractivity (Wildman–Crippen MR) is 96.6 cm³/mol. The lowest BCUT2D eigenvalue weighted by atomic mass is 9.94. The monoisotopic (exact) mass is 369 g/mol. The molecule has 2 atom stereocenters. The minimum Gasteiger partial charge on any atom is -0.453 e. The summed E-state index contributed by atoms with van der Waals surface area (Å²) in [7, 11) is 1.58. The average molecular weight is 369 g/mol. The van der Waals surface area contributed by atoms with Gasteiger partial charge in [-0.1, -0.05) is 6.07 Å². The highest BCUT2D eigenvalue weighted by Gasteiger charge is 2.42. The van der Waals surface area contributed by atoms with Gasteiger partial charge in [0.05, 0.1) is 18.2 Å². The van der Waals surface area contributed by atoms with Crippen molar-refractivity contribution < 1.29 is 18.7 Å². The third-order valence-electron chi connectivity index (χ3n) is 5.30. The number of rotatable bonds is 5. The molecule has 2 amide bonds. The van der Waals surface area contributed by atoms with Crippen molar-refractivity contribution in [1.82, 2.24) is 14.8 Å². The Labute approximate surface area is 157 Å². The maximum Gasteiger partial charge on any atom is 0.289 e. The molecule has 3 saturated heterocycles. The summed E-state index contributed by atoms with van der Waals surface area (Å²) in [6.07, 6.45) is 3.46. The predicted octanol–water partition coefficient (Wildman–Crippen LogP) is 2.08. The lowest BCUT2D eigenvalue weighted by Crippen LogP contribution is -2.47. The summed E-state index contributed by atoms with van der Waals surface area (Å²) in [4.78, 5) is 33.8. The number of hydrogen-bond donors (Lipinski definition) is 0. The van der Waals surface area contributed by atoms with Gasteiger partial charge in [-0.2, -0.15) is 0 Å². The van der Waals surface area contributed by atoms with Gasteiger partial charge in [0, 0.05) is 32.4 Å². The number of methoxy groups -OCH3 is 1. The van der Waals surface area contributed by atoms with Crippen LogP contribution in [0.2, 0.25) is 0 Å². The van der Waals surface area contributed by atoms with Crippen LogP contribution in [-0.2, 0) is 22.7 Å². The first-order valence-electron chi connectivity index (χ1n) is 9.23.